The van der Waals surface area contributed by atoms with Gasteiger partial charge in [0.25, 0.3) is 0 Å². The quantitative estimate of drug-likeness (QED) is 0.428. The van der Waals surface area contributed by atoms with Crippen LogP contribution in [0.15, 0.2) is 0 Å². The number of barbiturate groups is 1. The molecule has 1 aliphatic heterocycles. The number of methoxy groups -OCH3 is 1. The summed E-state index contributed by atoms with van der Waals surface area (Å²) in [6, 6.07) is -0.746. The zero-order valence-corrected chi connectivity index (χ0v) is 14.4. The zero-order valence-electron chi connectivity index (χ0n) is 8.91. The van der Waals surface area contributed by atoms with Gasteiger partial charge in [0, 0.05) is 0 Å². The third-order valence-corrected chi connectivity index (χ3v) is 4.76. The molecule has 1 rings (SSSR count). The fourth-order valence-electron chi connectivity index (χ4n) is 1.36. The third-order valence-electron chi connectivity index (χ3n) is 2.26. The Morgan fingerprint density at radius 2 is 1.81 bits per heavy atom. The molecule has 1 aliphatic rings. The first kappa shape index (κ1) is 15.5. The summed E-state index contributed by atoms with van der Waals surface area (Å²) in [5.41, 5.74) is 0. The molecular weight excluding hydrogens is 405 g/mol. The van der Waals surface area contributed by atoms with E-state index in [2.05, 4.69) is 10.6 Å². The number of ether oxygens (including phenoxy) is 1. The number of carbonyl (C=O) groups excluding carboxylic acids is 3. The summed E-state index contributed by atoms with van der Waals surface area (Å²) in [4.78, 5) is 33.5. The van der Waals surface area contributed by atoms with E-state index in [1.54, 1.807) is 7.11 Å². The first-order valence-corrected chi connectivity index (χ1v) is 8.45. The maximum absolute atomic E-state index is 11.4. The normalized spacial score (nSPS) is 18.6. The van der Waals surface area contributed by atoms with Crippen molar-refractivity contribution < 1.29 is 50.7 Å². The average molecular weight is 418 g/mol. The average Bonchev–Trinajstić information content (AvgIpc) is 2.17. The number of carbonyl (C=O) groups is 3. The molecule has 0 radical (unpaired) electrons. The van der Waals surface area contributed by atoms with Crippen LogP contribution in [0.5, 0.6) is 0 Å². The Kier molecular flexibility index (Phi) is 6.69. The molecule has 0 aliphatic carbocycles. The number of urea groups is 1. The van der Waals surface area contributed by atoms with E-state index >= 15 is 0 Å². The molecule has 0 spiro atoms. The van der Waals surface area contributed by atoms with Crippen LogP contribution in [0.1, 0.15) is 6.42 Å². The van der Waals surface area contributed by atoms with Gasteiger partial charge in [0.05, 0.1) is 0 Å². The van der Waals surface area contributed by atoms with Crippen molar-refractivity contribution in [2.24, 2.45) is 5.92 Å². The molecular formula is C8H13HgN2O5. The van der Waals surface area contributed by atoms with Crippen molar-refractivity contribution >= 4 is 17.8 Å². The van der Waals surface area contributed by atoms with Crippen molar-refractivity contribution in [3.8, 4) is 0 Å². The molecule has 0 bridgehead atoms. The van der Waals surface area contributed by atoms with E-state index in [-0.39, 0.29) is 11.6 Å². The van der Waals surface area contributed by atoms with Gasteiger partial charge in [-0.25, -0.2) is 0 Å². The van der Waals surface area contributed by atoms with Crippen molar-refractivity contribution in [2.75, 3.05) is 7.11 Å². The second-order valence-electron chi connectivity index (χ2n) is 3.24. The summed E-state index contributed by atoms with van der Waals surface area (Å²) in [7, 11) is 1.56. The minimum absolute atomic E-state index is 0. The second-order valence-corrected chi connectivity index (χ2v) is 5.49. The monoisotopic (exact) mass is 419 g/mol. The summed E-state index contributed by atoms with van der Waals surface area (Å²) in [5, 5.41) is 4.13. The molecule has 0 aromatic heterocycles. The van der Waals surface area contributed by atoms with E-state index < -0.39 is 23.8 Å². The summed E-state index contributed by atoms with van der Waals surface area (Å²) >= 11 is 0.554. The molecule has 8 heteroatoms. The molecule has 4 amide bonds. The predicted octanol–water partition coefficient (Wildman–Crippen LogP) is -1.49. The van der Waals surface area contributed by atoms with Gasteiger partial charge in [-0.1, -0.05) is 0 Å². The maximum atomic E-state index is 11.4. The van der Waals surface area contributed by atoms with Crippen LogP contribution < -0.4 is 10.6 Å². The Morgan fingerprint density at radius 3 is 2.19 bits per heavy atom. The summed E-state index contributed by atoms with van der Waals surface area (Å²) in [6.07, 6.45) is 0.272. The Bertz CT molecular complexity index is 272. The molecule has 1 fully saturated rings. The van der Waals surface area contributed by atoms with E-state index in [1.165, 1.54) is 0 Å². The molecule has 1 saturated heterocycles. The van der Waals surface area contributed by atoms with Gasteiger partial charge in [0.15, 0.2) is 0 Å². The largest absolute Gasteiger partial charge is 0.412 e. The van der Waals surface area contributed by atoms with Gasteiger partial charge in [0.1, 0.15) is 0 Å². The van der Waals surface area contributed by atoms with Crippen molar-refractivity contribution in [3.63, 3.8) is 0 Å². The van der Waals surface area contributed by atoms with Crippen LogP contribution >= 0.6 is 0 Å². The van der Waals surface area contributed by atoms with Crippen LogP contribution in [-0.4, -0.2) is 36.5 Å². The standard InChI is InChI=1S/C8H11N2O4.Hg.H2O/c1-4(14-2)3-5-6(11)9-8(13)10-7(5)12;;/h4-5H,1,3H2,2H3,(H2,9,10,11,12,13);;1H2. The molecule has 7 nitrogen and oxygen atoms in total. The molecule has 1 heterocycles. The molecule has 4 N–H and O–H groups in total. The molecule has 0 aromatic rings. The number of rotatable bonds is 4. The Balaban J connectivity index is 0.00000225. The molecule has 1 unspecified atom stereocenters. The van der Waals surface area contributed by atoms with Gasteiger partial charge >= 0.3 is 103 Å². The van der Waals surface area contributed by atoms with Crippen LogP contribution in [0.25, 0.3) is 0 Å². The summed E-state index contributed by atoms with van der Waals surface area (Å²) in [5.74, 6) is -1.88. The molecule has 87 valence electrons. The van der Waals surface area contributed by atoms with Gasteiger partial charge in [-0.05, 0) is 0 Å². The van der Waals surface area contributed by atoms with Crippen molar-refractivity contribution in [3.05, 3.63) is 0 Å². The Morgan fingerprint density at radius 1 is 1.31 bits per heavy atom. The van der Waals surface area contributed by atoms with Crippen molar-refractivity contribution in [2.45, 2.75) is 16.5 Å². The summed E-state index contributed by atoms with van der Waals surface area (Å²) in [6.45, 7) is 0. The SMILES string of the molecule is COC([CH2][Hg])CC1C(=O)NC(=O)NC1=O.O. The third kappa shape index (κ3) is 3.80. The second kappa shape index (κ2) is 6.92. The van der Waals surface area contributed by atoms with E-state index in [1.807, 2.05) is 0 Å². The molecule has 1 atom stereocenters. The van der Waals surface area contributed by atoms with Gasteiger partial charge in [-0.15, -0.1) is 0 Å². The fourth-order valence-corrected chi connectivity index (χ4v) is 3.19. The van der Waals surface area contributed by atoms with Crippen LogP contribution in [0.4, 0.5) is 4.79 Å². The van der Waals surface area contributed by atoms with Crippen LogP contribution in [-0.2, 0) is 40.4 Å². The first-order valence-electron chi connectivity index (χ1n) is 4.56. The van der Waals surface area contributed by atoms with Gasteiger partial charge in [-0.2, -0.15) is 0 Å². The van der Waals surface area contributed by atoms with E-state index in [0.29, 0.717) is 32.5 Å². The minimum Gasteiger partial charge on any atom is -0.412 e. The van der Waals surface area contributed by atoms with Crippen molar-refractivity contribution in [1.29, 1.82) is 0 Å². The topological polar surface area (TPSA) is 116 Å². The number of imide groups is 2. The number of hydrogen-bond donors (Lipinski definition) is 2. The van der Waals surface area contributed by atoms with Gasteiger partial charge in [0.2, 0.25) is 0 Å². The molecule has 0 aromatic carbocycles. The molecule has 16 heavy (non-hydrogen) atoms. The maximum Gasteiger partial charge on any atom is -0.412 e. The van der Waals surface area contributed by atoms with E-state index in [9.17, 15) is 14.4 Å². The van der Waals surface area contributed by atoms with Gasteiger partial charge < -0.3 is 5.48 Å². The van der Waals surface area contributed by atoms with E-state index in [4.69, 9.17) is 4.74 Å². The van der Waals surface area contributed by atoms with Crippen LogP contribution in [0.3, 0.4) is 0 Å². The predicted molar refractivity (Wildman–Crippen MR) is 49.0 cm³/mol. The number of nitrogens with one attached hydrogen (secondary N) is 2. The van der Waals surface area contributed by atoms with Gasteiger partial charge in [-0.3, -0.25) is 0 Å². The number of hydrogen-bond acceptors (Lipinski definition) is 4. The first-order chi connectivity index (χ1) is 7.08. The zero-order chi connectivity index (χ0) is 11.4. The van der Waals surface area contributed by atoms with Crippen LogP contribution in [0.2, 0.25) is 3.93 Å². The summed E-state index contributed by atoms with van der Waals surface area (Å²) < 4.78 is 6.03. The minimum atomic E-state index is -0.809. The van der Waals surface area contributed by atoms with Crippen molar-refractivity contribution in [1.82, 2.24) is 10.6 Å². The fraction of sp³-hybridized carbons (Fsp3) is 0.625. The Hall–Kier alpha value is -0.535. The Labute approximate surface area is 109 Å². The smallest absolute Gasteiger partial charge is 0.412 e. The van der Waals surface area contributed by atoms with Crippen LogP contribution in [0, 0.1) is 5.92 Å². The molecule has 0 saturated carbocycles. The van der Waals surface area contributed by atoms with E-state index in [0.717, 1.165) is 3.93 Å². The number of amides is 4.